The molecule has 1 aliphatic carbocycles. The lowest BCUT2D eigenvalue weighted by atomic mass is 9.83. The number of ether oxygens (including phenoxy) is 1. The Morgan fingerprint density at radius 1 is 0.806 bits per heavy atom. The molecule has 158 valence electrons. The van der Waals surface area contributed by atoms with Crippen molar-refractivity contribution >= 4 is 0 Å². The minimum atomic E-state index is -2.81. The molecule has 0 saturated carbocycles. The van der Waals surface area contributed by atoms with Gasteiger partial charge in [-0.15, -0.1) is 0 Å². The van der Waals surface area contributed by atoms with E-state index >= 15 is 0 Å². The van der Waals surface area contributed by atoms with Crippen LogP contribution < -0.4 is 4.74 Å². The predicted octanol–water partition coefficient (Wildman–Crippen LogP) is 7.19. The van der Waals surface area contributed by atoms with Crippen LogP contribution in [0.1, 0.15) is 54.0 Å². The zero-order chi connectivity index (χ0) is 21.6. The first-order chi connectivity index (χ1) is 15.1. The van der Waals surface area contributed by atoms with Crippen molar-refractivity contribution in [1.82, 2.24) is 0 Å². The quantitative estimate of drug-likeness (QED) is 0.305. The number of alkyl halides is 2. The lowest BCUT2D eigenvalue weighted by Crippen LogP contribution is -2.05. The zero-order valence-corrected chi connectivity index (χ0v) is 17.8. The molecular weight excluding hydrogens is 390 g/mol. The predicted molar refractivity (Wildman–Crippen MR) is 122 cm³/mol. The second-order valence-corrected chi connectivity index (χ2v) is 7.97. The molecule has 3 heteroatoms. The summed E-state index contributed by atoms with van der Waals surface area (Å²) >= 11 is 0. The van der Waals surface area contributed by atoms with Gasteiger partial charge in [-0.25, -0.2) is 0 Å². The highest BCUT2D eigenvalue weighted by molar-refractivity contribution is 5.74. The normalized spacial score (nSPS) is 12.0. The van der Waals surface area contributed by atoms with Crippen molar-refractivity contribution in [2.75, 3.05) is 0 Å². The molecular formula is C28H26F2O. The van der Waals surface area contributed by atoms with Crippen molar-refractivity contribution in [2.45, 2.75) is 52.1 Å². The van der Waals surface area contributed by atoms with Crippen LogP contribution in [0.25, 0.3) is 11.1 Å². The van der Waals surface area contributed by atoms with Gasteiger partial charge in [-0.05, 0) is 89.9 Å². The molecule has 0 saturated heterocycles. The maximum absolute atomic E-state index is 12.3. The Labute approximate surface area is 183 Å². The number of fused-ring (bicyclic) bond motifs is 3. The van der Waals surface area contributed by atoms with Crippen LogP contribution in [0.2, 0.25) is 0 Å². The van der Waals surface area contributed by atoms with Crippen LogP contribution in [0.5, 0.6) is 5.75 Å². The first kappa shape index (κ1) is 21.1. The zero-order valence-electron chi connectivity index (χ0n) is 17.8. The summed E-state index contributed by atoms with van der Waals surface area (Å²) in [6.45, 7) is -0.575. The van der Waals surface area contributed by atoms with Gasteiger partial charge in [0.1, 0.15) is 5.75 Å². The second kappa shape index (κ2) is 9.79. The average molecular weight is 417 g/mol. The first-order valence-electron chi connectivity index (χ1n) is 10.9. The first-order valence-corrected chi connectivity index (χ1v) is 10.9. The standard InChI is InChI=1S/C28H26F2O/c1-2-3-4-5-21-10-16-26-23(18-21)12-13-24-19-22(11-17-27(24)26)7-6-20-8-14-25(15-9-20)31-28(29)30/h8-11,14-19,28H,2-5,12-13H2,1H3. The van der Waals surface area contributed by atoms with Crippen LogP contribution >= 0.6 is 0 Å². The van der Waals surface area contributed by atoms with E-state index in [4.69, 9.17) is 0 Å². The molecule has 0 aliphatic heterocycles. The number of aryl methyl sites for hydroxylation is 3. The van der Waals surface area contributed by atoms with Crippen LogP contribution in [-0.4, -0.2) is 6.61 Å². The van der Waals surface area contributed by atoms with Gasteiger partial charge in [0.15, 0.2) is 0 Å². The third-order valence-electron chi connectivity index (χ3n) is 5.73. The van der Waals surface area contributed by atoms with E-state index in [0.29, 0.717) is 0 Å². The third-order valence-corrected chi connectivity index (χ3v) is 5.73. The summed E-state index contributed by atoms with van der Waals surface area (Å²) in [5.41, 5.74) is 8.61. The van der Waals surface area contributed by atoms with Gasteiger partial charge >= 0.3 is 6.61 Å². The van der Waals surface area contributed by atoms with Crippen molar-refractivity contribution < 1.29 is 13.5 Å². The number of rotatable bonds is 6. The van der Waals surface area contributed by atoms with E-state index in [2.05, 4.69) is 59.9 Å². The highest BCUT2D eigenvalue weighted by atomic mass is 19.3. The van der Waals surface area contributed by atoms with E-state index in [0.717, 1.165) is 30.4 Å². The molecule has 0 atom stereocenters. The van der Waals surface area contributed by atoms with Gasteiger partial charge in [-0.1, -0.05) is 55.9 Å². The molecule has 1 aliphatic rings. The lowest BCUT2D eigenvalue weighted by Gasteiger charge is -2.21. The van der Waals surface area contributed by atoms with E-state index in [9.17, 15) is 8.78 Å². The molecule has 0 bridgehead atoms. The Hall–Kier alpha value is -3.12. The van der Waals surface area contributed by atoms with E-state index < -0.39 is 6.61 Å². The smallest absolute Gasteiger partial charge is 0.387 e. The molecule has 4 rings (SSSR count). The SMILES string of the molecule is CCCCCc1ccc2c(c1)CCc1cc(C#Cc3ccc(OC(F)F)cc3)ccc1-2. The Morgan fingerprint density at radius 3 is 2.16 bits per heavy atom. The molecule has 0 heterocycles. The van der Waals surface area contributed by atoms with Crippen LogP contribution in [0.3, 0.4) is 0 Å². The fraction of sp³-hybridized carbons (Fsp3) is 0.286. The minimum Gasteiger partial charge on any atom is -0.435 e. The van der Waals surface area contributed by atoms with Crippen LogP contribution in [0.4, 0.5) is 8.78 Å². The summed E-state index contributed by atoms with van der Waals surface area (Å²) in [6.07, 6.45) is 7.05. The summed E-state index contributed by atoms with van der Waals surface area (Å²) in [4.78, 5) is 0. The van der Waals surface area contributed by atoms with E-state index in [-0.39, 0.29) is 5.75 Å². The van der Waals surface area contributed by atoms with Crippen molar-refractivity contribution in [3.05, 3.63) is 88.5 Å². The van der Waals surface area contributed by atoms with Gasteiger partial charge < -0.3 is 4.74 Å². The summed E-state index contributed by atoms with van der Waals surface area (Å²) in [6, 6.07) is 19.8. The number of unbranched alkanes of at least 4 members (excludes halogenated alkanes) is 2. The second-order valence-electron chi connectivity index (χ2n) is 7.97. The Morgan fingerprint density at radius 2 is 1.45 bits per heavy atom. The van der Waals surface area contributed by atoms with E-state index in [1.807, 2.05) is 0 Å². The lowest BCUT2D eigenvalue weighted by molar-refractivity contribution is -0.0498. The van der Waals surface area contributed by atoms with Crippen LogP contribution in [0, 0.1) is 11.8 Å². The fourth-order valence-electron chi connectivity index (χ4n) is 4.13. The number of hydrogen-bond acceptors (Lipinski definition) is 1. The maximum Gasteiger partial charge on any atom is 0.387 e. The van der Waals surface area contributed by atoms with Crippen molar-refractivity contribution in [3.8, 4) is 28.7 Å². The average Bonchev–Trinajstić information content (AvgIpc) is 2.78. The number of benzene rings is 3. The molecule has 0 aromatic heterocycles. The molecule has 31 heavy (non-hydrogen) atoms. The van der Waals surface area contributed by atoms with Crippen LogP contribution in [0.15, 0.2) is 60.7 Å². The summed E-state index contributed by atoms with van der Waals surface area (Å²) in [5.74, 6) is 6.44. The van der Waals surface area contributed by atoms with Gasteiger partial charge in [0, 0.05) is 11.1 Å². The largest absolute Gasteiger partial charge is 0.435 e. The Bertz CT molecular complexity index is 1100. The van der Waals surface area contributed by atoms with E-state index in [1.165, 1.54) is 59.2 Å². The Balaban J connectivity index is 1.50. The molecule has 0 fully saturated rings. The molecule has 0 N–H and O–H groups in total. The fourth-order valence-corrected chi connectivity index (χ4v) is 4.13. The molecule has 3 aromatic rings. The maximum atomic E-state index is 12.3. The molecule has 0 radical (unpaired) electrons. The summed E-state index contributed by atoms with van der Waals surface area (Å²) in [7, 11) is 0. The molecule has 0 unspecified atom stereocenters. The third kappa shape index (κ3) is 5.33. The van der Waals surface area contributed by atoms with Crippen molar-refractivity contribution in [3.63, 3.8) is 0 Å². The van der Waals surface area contributed by atoms with Crippen molar-refractivity contribution in [1.29, 1.82) is 0 Å². The monoisotopic (exact) mass is 416 g/mol. The molecule has 0 spiro atoms. The van der Waals surface area contributed by atoms with E-state index in [1.54, 1.807) is 12.1 Å². The summed E-state index contributed by atoms with van der Waals surface area (Å²) in [5, 5.41) is 0. The molecule has 1 nitrogen and oxygen atoms in total. The van der Waals surface area contributed by atoms with Gasteiger partial charge in [-0.2, -0.15) is 8.78 Å². The van der Waals surface area contributed by atoms with Gasteiger partial charge in [0.25, 0.3) is 0 Å². The number of hydrogen-bond donors (Lipinski definition) is 0. The summed E-state index contributed by atoms with van der Waals surface area (Å²) < 4.78 is 28.9. The minimum absolute atomic E-state index is 0.140. The van der Waals surface area contributed by atoms with Gasteiger partial charge in [0.05, 0.1) is 0 Å². The molecule has 3 aromatic carbocycles. The number of halogens is 2. The molecule has 0 amide bonds. The highest BCUT2D eigenvalue weighted by Gasteiger charge is 2.16. The van der Waals surface area contributed by atoms with Crippen LogP contribution in [-0.2, 0) is 19.3 Å². The van der Waals surface area contributed by atoms with Gasteiger partial charge in [0.2, 0.25) is 0 Å². The van der Waals surface area contributed by atoms with Gasteiger partial charge in [-0.3, -0.25) is 0 Å². The highest BCUT2D eigenvalue weighted by Crippen LogP contribution is 2.34. The Kier molecular flexibility index (Phi) is 6.67. The van der Waals surface area contributed by atoms with Crippen molar-refractivity contribution in [2.24, 2.45) is 0 Å². The topological polar surface area (TPSA) is 9.23 Å².